The van der Waals surface area contributed by atoms with Crippen LogP contribution in [0.4, 0.5) is 0 Å². The normalized spacial score (nSPS) is 19.4. The molecule has 0 spiro atoms. The van der Waals surface area contributed by atoms with Crippen molar-refractivity contribution in [2.24, 2.45) is 0 Å². The average Bonchev–Trinajstić information content (AvgIpc) is 2.50. The second kappa shape index (κ2) is 5.78. The summed E-state index contributed by atoms with van der Waals surface area (Å²) < 4.78 is 6.08. The summed E-state index contributed by atoms with van der Waals surface area (Å²) in [5.74, 6) is 0. The second-order valence-corrected chi connectivity index (χ2v) is 5.42. The molecule has 2 aromatic carbocycles. The molecule has 1 N–H and O–H groups in total. The van der Waals surface area contributed by atoms with Crippen LogP contribution in [0.2, 0.25) is 0 Å². The van der Waals surface area contributed by atoms with Crippen LogP contribution in [0.25, 0.3) is 0 Å². The molecular weight excluding hydrogens is 246 g/mol. The zero-order chi connectivity index (χ0) is 13.9. The van der Waals surface area contributed by atoms with Crippen LogP contribution >= 0.6 is 0 Å². The number of ether oxygens (including phenoxy) is 1. The molecule has 2 nitrogen and oxygen atoms in total. The molecule has 0 bridgehead atoms. The lowest BCUT2D eigenvalue weighted by atomic mass is 9.89. The van der Waals surface area contributed by atoms with E-state index < -0.39 is 0 Å². The van der Waals surface area contributed by atoms with Crippen molar-refractivity contribution >= 4 is 0 Å². The molecule has 0 saturated carbocycles. The van der Waals surface area contributed by atoms with E-state index in [0.29, 0.717) is 0 Å². The quantitative estimate of drug-likeness (QED) is 0.918. The van der Waals surface area contributed by atoms with Crippen LogP contribution in [0.1, 0.15) is 34.4 Å². The van der Waals surface area contributed by atoms with Gasteiger partial charge >= 0.3 is 0 Å². The maximum atomic E-state index is 6.08. The molecule has 1 aliphatic heterocycles. The van der Waals surface area contributed by atoms with Crippen LogP contribution in [-0.4, -0.2) is 13.7 Å². The molecule has 0 amide bonds. The molecule has 104 valence electrons. The second-order valence-electron chi connectivity index (χ2n) is 5.42. The van der Waals surface area contributed by atoms with Crippen LogP contribution in [0.5, 0.6) is 0 Å². The molecule has 0 radical (unpaired) electrons. The Balaban J connectivity index is 1.96. The number of likely N-dealkylation sites (N-methyl/N-ethyl adjacent to an activating group) is 1. The van der Waals surface area contributed by atoms with Gasteiger partial charge < -0.3 is 10.1 Å². The predicted octanol–water partition coefficient (Wildman–Crippen LogP) is 3.57. The molecule has 2 unspecified atom stereocenters. The van der Waals surface area contributed by atoms with Gasteiger partial charge in [0.25, 0.3) is 0 Å². The summed E-state index contributed by atoms with van der Waals surface area (Å²) in [5, 5.41) is 3.42. The Bertz CT molecular complexity index is 576. The van der Waals surface area contributed by atoms with E-state index in [4.69, 9.17) is 4.74 Å². The van der Waals surface area contributed by atoms with Gasteiger partial charge in [0.05, 0.1) is 12.6 Å². The zero-order valence-electron chi connectivity index (χ0n) is 12.1. The van der Waals surface area contributed by atoms with E-state index in [9.17, 15) is 0 Å². The molecule has 0 saturated heterocycles. The van der Waals surface area contributed by atoms with Crippen molar-refractivity contribution in [1.82, 2.24) is 5.32 Å². The van der Waals surface area contributed by atoms with Gasteiger partial charge in [-0.2, -0.15) is 0 Å². The predicted molar refractivity (Wildman–Crippen MR) is 81.8 cm³/mol. The lowest BCUT2D eigenvalue weighted by Crippen LogP contribution is -2.29. The largest absolute Gasteiger partial charge is 0.371 e. The number of benzene rings is 2. The van der Waals surface area contributed by atoms with Gasteiger partial charge in [0.2, 0.25) is 0 Å². The Hall–Kier alpha value is -1.64. The summed E-state index contributed by atoms with van der Waals surface area (Å²) in [4.78, 5) is 0. The first-order chi connectivity index (χ1) is 9.79. The lowest BCUT2D eigenvalue weighted by molar-refractivity contribution is 0.0166. The summed E-state index contributed by atoms with van der Waals surface area (Å²) >= 11 is 0. The van der Waals surface area contributed by atoms with Crippen molar-refractivity contribution in [1.29, 1.82) is 0 Å². The number of rotatable bonds is 3. The van der Waals surface area contributed by atoms with Gasteiger partial charge in [-0.15, -0.1) is 0 Å². The highest BCUT2D eigenvalue weighted by Crippen LogP contribution is 2.36. The molecule has 3 rings (SSSR count). The molecular formula is C18H21NO. The van der Waals surface area contributed by atoms with Gasteiger partial charge in [-0.1, -0.05) is 54.1 Å². The number of nitrogens with one attached hydrogen (secondary N) is 1. The minimum absolute atomic E-state index is 0.0904. The monoisotopic (exact) mass is 267 g/mol. The van der Waals surface area contributed by atoms with E-state index in [-0.39, 0.29) is 12.1 Å². The first kappa shape index (κ1) is 13.3. The minimum Gasteiger partial charge on any atom is -0.371 e. The van der Waals surface area contributed by atoms with Crippen molar-refractivity contribution in [3.05, 3.63) is 70.8 Å². The average molecular weight is 267 g/mol. The smallest absolute Gasteiger partial charge is 0.102 e. The molecule has 0 aromatic heterocycles. The summed E-state index contributed by atoms with van der Waals surface area (Å²) in [6.45, 7) is 2.91. The van der Waals surface area contributed by atoms with E-state index in [1.165, 1.54) is 22.3 Å². The zero-order valence-corrected chi connectivity index (χ0v) is 12.1. The third kappa shape index (κ3) is 2.49. The maximum absolute atomic E-state index is 6.08. The van der Waals surface area contributed by atoms with Crippen molar-refractivity contribution < 1.29 is 4.74 Å². The molecule has 2 heteroatoms. The highest BCUT2D eigenvalue weighted by Gasteiger charge is 2.28. The van der Waals surface area contributed by atoms with Crippen LogP contribution in [0.3, 0.4) is 0 Å². The van der Waals surface area contributed by atoms with Gasteiger partial charge in [-0.3, -0.25) is 0 Å². The van der Waals surface area contributed by atoms with Gasteiger partial charge in [0.1, 0.15) is 6.10 Å². The standard InChI is InChI=1S/C18H21NO/c1-13-7-9-15(10-8-13)17(19-2)18-16-6-4-3-5-14(16)11-12-20-18/h3-10,17-19H,11-12H2,1-2H3. The Labute approximate surface area is 120 Å². The van der Waals surface area contributed by atoms with Crippen LogP contribution < -0.4 is 5.32 Å². The summed E-state index contributed by atoms with van der Waals surface area (Å²) in [6, 6.07) is 17.5. The fourth-order valence-corrected chi connectivity index (χ4v) is 2.97. The lowest BCUT2D eigenvalue weighted by Gasteiger charge is -2.32. The van der Waals surface area contributed by atoms with Crippen LogP contribution in [0.15, 0.2) is 48.5 Å². The van der Waals surface area contributed by atoms with Gasteiger partial charge in [0.15, 0.2) is 0 Å². The number of fused-ring (bicyclic) bond motifs is 1. The molecule has 2 atom stereocenters. The fraction of sp³-hybridized carbons (Fsp3) is 0.333. The number of hydrogen-bond acceptors (Lipinski definition) is 2. The third-order valence-electron chi connectivity index (χ3n) is 4.08. The summed E-state index contributed by atoms with van der Waals surface area (Å²) in [5.41, 5.74) is 5.29. The number of aryl methyl sites for hydroxylation is 1. The molecule has 20 heavy (non-hydrogen) atoms. The van der Waals surface area contributed by atoms with E-state index in [2.05, 4.69) is 60.8 Å². The highest BCUT2D eigenvalue weighted by molar-refractivity contribution is 5.35. The van der Waals surface area contributed by atoms with Gasteiger partial charge in [-0.05, 0) is 37.1 Å². The van der Waals surface area contributed by atoms with Crippen molar-refractivity contribution in [3.8, 4) is 0 Å². The first-order valence-electron chi connectivity index (χ1n) is 7.23. The summed E-state index contributed by atoms with van der Waals surface area (Å²) in [6.07, 6.45) is 1.10. The summed E-state index contributed by atoms with van der Waals surface area (Å²) in [7, 11) is 2.01. The van der Waals surface area contributed by atoms with Gasteiger partial charge in [0, 0.05) is 0 Å². The topological polar surface area (TPSA) is 21.3 Å². The molecule has 0 aliphatic carbocycles. The van der Waals surface area contributed by atoms with Crippen molar-refractivity contribution in [3.63, 3.8) is 0 Å². The van der Waals surface area contributed by atoms with E-state index in [1.807, 2.05) is 7.05 Å². The molecule has 2 aromatic rings. The maximum Gasteiger partial charge on any atom is 0.102 e. The Kier molecular flexibility index (Phi) is 3.86. The molecule has 1 aliphatic rings. The van der Waals surface area contributed by atoms with E-state index in [1.54, 1.807) is 0 Å². The Morgan fingerprint density at radius 2 is 1.85 bits per heavy atom. The first-order valence-corrected chi connectivity index (χ1v) is 7.23. The Morgan fingerprint density at radius 3 is 2.60 bits per heavy atom. The van der Waals surface area contributed by atoms with Crippen LogP contribution in [-0.2, 0) is 11.2 Å². The Morgan fingerprint density at radius 1 is 1.10 bits per heavy atom. The minimum atomic E-state index is 0.0904. The molecule has 0 fully saturated rings. The molecule has 1 heterocycles. The third-order valence-corrected chi connectivity index (χ3v) is 4.08. The highest BCUT2D eigenvalue weighted by atomic mass is 16.5. The fourth-order valence-electron chi connectivity index (χ4n) is 2.97. The van der Waals surface area contributed by atoms with Crippen molar-refractivity contribution in [2.75, 3.05) is 13.7 Å². The van der Waals surface area contributed by atoms with Crippen molar-refractivity contribution in [2.45, 2.75) is 25.5 Å². The SMILES string of the molecule is CNC(c1ccc(C)cc1)C1OCCc2ccccc21. The van der Waals surface area contributed by atoms with E-state index >= 15 is 0 Å². The number of hydrogen-bond donors (Lipinski definition) is 1. The van der Waals surface area contributed by atoms with E-state index in [0.717, 1.165) is 13.0 Å². The van der Waals surface area contributed by atoms with Crippen LogP contribution in [0, 0.1) is 6.92 Å². The van der Waals surface area contributed by atoms with Gasteiger partial charge in [-0.25, -0.2) is 0 Å².